The first-order chi connectivity index (χ1) is 7.58. The van der Waals surface area contributed by atoms with Gasteiger partial charge in [-0.2, -0.15) is 0 Å². The number of hydrogen-bond donors (Lipinski definition) is 0. The maximum absolute atomic E-state index is 6.13. The van der Waals surface area contributed by atoms with Crippen LogP contribution in [0.1, 0.15) is 27.2 Å². The molecule has 0 aliphatic carbocycles. The molecule has 5 heteroatoms. The van der Waals surface area contributed by atoms with E-state index in [-0.39, 0.29) is 5.04 Å². The van der Waals surface area contributed by atoms with E-state index in [0.717, 1.165) is 19.1 Å². The first kappa shape index (κ1) is 17.3. The quantitative estimate of drug-likeness (QED) is 0.524. The van der Waals surface area contributed by atoms with Crippen LogP contribution < -0.4 is 0 Å². The lowest BCUT2D eigenvalue weighted by Crippen LogP contribution is -2.41. The van der Waals surface area contributed by atoms with Crippen molar-refractivity contribution in [2.24, 2.45) is 0 Å². The van der Waals surface area contributed by atoms with Crippen LogP contribution in [0, 0.1) is 0 Å². The van der Waals surface area contributed by atoms with Gasteiger partial charge in [-0.3, -0.25) is 0 Å². The molecule has 0 N–H and O–H groups in total. The van der Waals surface area contributed by atoms with Crippen LogP contribution in [0.15, 0.2) is 0 Å². The second-order valence-electron chi connectivity index (χ2n) is 6.25. The van der Waals surface area contributed by atoms with Crippen molar-refractivity contribution >= 4 is 16.9 Å². The van der Waals surface area contributed by atoms with Gasteiger partial charge in [0.05, 0.1) is 0 Å². The highest BCUT2D eigenvalue weighted by molar-refractivity contribution is 6.74. The van der Waals surface area contributed by atoms with E-state index in [1.165, 1.54) is 0 Å². The Hall–Kier alpha value is 0.314. The van der Waals surface area contributed by atoms with E-state index in [1.807, 2.05) is 0 Å². The summed E-state index contributed by atoms with van der Waals surface area (Å²) in [6.45, 7) is 14.3. The summed E-state index contributed by atoms with van der Waals surface area (Å²) >= 11 is 0. The Bertz CT molecular complexity index is 220. The summed E-state index contributed by atoms with van der Waals surface area (Å²) in [6.07, 6.45) is 1.02. The Morgan fingerprint density at radius 3 is 1.76 bits per heavy atom. The number of hydrogen-bond acceptors (Lipinski definition) is 3. The van der Waals surface area contributed by atoms with Gasteiger partial charge in [0.1, 0.15) is 0 Å². The summed E-state index contributed by atoms with van der Waals surface area (Å²) in [7, 11) is -0.0110. The van der Waals surface area contributed by atoms with Gasteiger partial charge in [-0.25, -0.2) is 0 Å². The summed E-state index contributed by atoms with van der Waals surface area (Å²) < 4.78 is 17.0. The second-order valence-corrected chi connectivity index (χ2v) is 14.6. The van der Waals surface area contributed by atoms with Gasteiger partial charge in [0.25, 0.3) is 0 Å². The van der Waals surface area contributed by atoms with Gasteiger partial charge in [-0.1, -0.05) is 20.8 Å². The molecular formula is C12H30O3Si2. The first-order valence-corrected chi connectivity index (χ1v) is 11.8. The Morgan fingerprint density at radius 1 is 0.941 bits per heavy atom. The van der Waals surface area contributed by atoms with Crippen LogP contribution in [0.2, 0.25) is 30.7 Å². The van der Waals surface area contributed by atoms with Crippen molar-refractivity contribution in [3.8, 4) is 0 Å². The fraction of sp³-hybridized carbons (Fsp3) is 1.00. The average Bonchev–Trinajstić information content (AvgIpc) is 2.22. The normalized spacial score (nSPS) is 14.1. The molecule has 0 rings (SSSR count). The van der Waals surface area contributed by atoms with Crippen LogP contribution in [0.4, 0.5) is 0 Å². The topological polar surface area (TPSA) is 27.7 Å². The van der Waals surface area contributed by atoms with Crippen molar-refractivity contribution in [3.05, 3.63) is 0 Å². The van der Waals surface area contributed by atoms with Crippen molar-refractivity contribution in [2.75, 3.05) is 20.8 Å². The Balaban J connectivity index is 4.01. The van der Waals surface area contributed by atoms with Crippen molar-refractivity contribution in [1.29, 1.82) is 0 Å². The van der Waals surface area contributed by atoms with Gasteiger partial charge in [0.15, 0.2) is 8.32 Å². The molecule has 0 saturated heterocycles. The van der Waals surface area contributed by atoms with Crippen LogP contribution >= 0.6 is 0 Å². The molecule has 0 spiro atoms. The lowest BCUT2D eigenvalue weighted by atomic mass is 10.2. The summed E-state index contributed by atoms with van der Waals surface area (Å²) in [5.74, 6) is 0. The zero-order valence-corrected chi connectivity index (χ0v) is 14.8. The van der Waals surface area contributed by atoms with Gasteiger partial charge in [-0.05, 0) is 37.1 Å². The van der Waals surface area contributed by atoms with Gasteiger partial charge in [0.2, 0.25) is 0 Å². The smallest absolute Gasteiger partial charge is 0.334 e. The third-order valence-electron chi connectivity index (χ3n) is 3.91. The third kappa shape index (κ3) is 5.65. The third-order valence-corrected chi connectivity index (χ3v) is 11.4. The molecule has 3 nitrogen and oxygen atoms in total. The van der Waals surface area contributed by atoms with Crippen LogP contribution in [-0.2, 0) is 13.3 Å². The standard InChI is InChI=1S/C12H30O3Si2/c1-12(2,3)16(6,7)15-10-9-11-17(8,13-4)14-5/h9-11H2,1-8H3. The lowest BCUT2D eigenvalue weighted by Gasteiger charge is -2.36. The van der Waals surface area contributed by atoms with Gasteiger partial charge < -0.3 is 13.3 Å². The van der Waals surface area contributed by atoms with Gasteiger partial charge >= 0.3 is 8.56 Å². The predicted octanol–water partition coefficient (Wildman–Crippen LogP) is 3.76. The summed E-state index contributed by atoms with van der Waals surface area (Å²) in [5, 5.41) is 0.288. The molecule has 0 unspecified atom stereocenters. The monoisotopic (exact) mass is 278 g/mol. The lowest BCUT2D eigenvalue weighted by molar-refractivity contribution is 0.238. The highest BCUT2D eigenvalue weighted by atomic mass is 28.4. The van der Waals surface area contributed by atoms with E-state index < -0.39 is 16.9 Å². The fourth-order valence-corrected chi connectivity index (χ4v) is 3.67. The van der Waals surface area contributed by atoms with Crippen LogP contribution in [-0.4, -0.2) is 37.7 Å². The van der Waals surface area contributed by atoms with E-state index in [2.05, 4.69) is 40.4 Å². The zero-order valence-electron chi connectivity index (χ0n) is 12.8. The molecule has 0 amide bonds. The summed E-state index contributed by atoms with van der Waals surface area (Å²) in [6, 6.07) is 0.995. The highest BCUT2D eigenvalue weighted by Gasteiger charge is 2.37. The molecule has 0 atom stereocenters. The van der Waals surface area contributed by atoms with E-state index in [9.17, 15) is 0 Å². The molecule has 0 aliphatic rings. The molecule has 0 aliphatic heterocycles. The molecule has 0 aromatic heterocycles. The molecule has 0 aromatic rings. The molecule has 0 aromatic carbocycles. The molecule has 0 fully saturated rings. The Labute approximate surface area is 109 Å². The van der Waals surface area contributed by atoms with E-state index in [1.54, 1.807) is 14.2 Å². The van der Waals surface area contributed by atoms with Crippen molar-refractivity contribution in [1.82, 2.24) is 0 Å². The summed E-state index contributed by atoms with van der Waals surface area (Å²) in [5.41, 5.74) is 0. The largest absolute Gasteiger partial charge is 0.417 e. The minimum Gasteiger partial charge on any atom is -0.417 e. The second kappa shape index (κ2) is 6.47. The van der Waals surface area contributed by atoms with E-state index in [4.69, 9.17) is 13.3 Å². The molecular weight excluding hydrogens is 248 g/mol. The van der Waals surface area contributed by atoms with Gasteiger partial charge in [-0.15, -0.1) is 0 Å². The summed E-state index contributed by atoms with van der Waals surface area (Å²) in [4.78, 5) is 0. The molecule has 0 bridgehead atoms. The Kier molecular flexibility index (Phi) is 6.59. The molecule has 0 heterocycles. The fourth-order valence-electron chi connectivity index (χ4n) is 1.22. The maximum Gasteiger partial charge on any atom is 0.334 e. The highest BCUT2D eigenvalue weighted by Crippen LogP contribution is 2.36. The molecule has 0 saturated carbocycles. The van der Waals surface area contributed by atoms with E-state index in [0.29, 0.717) is 0 Å². The van der Waals surface area contributed by atoms with Crippen LogP contribution in [0.25, 0.3) is 0 Å². The van der Waals surface area contributed by atoms with Crippen molar-refractivity contribution in [2.45, 2.75) is 57.9 Å². The zero-order chi connectivity index (χ0) is 13.7. The van der Waals surface area contributed by atoms with Gasteiger partial charge in [0, 0.05) is 20.8 Å². The van der Waals surface area contributed by atoms with Crippen LogP contribution in [0.3, 0.4) is 0 Å². The minimum atomic E-state index is -1.90. The van der Waals surface area contributed by atoms with Crippen molar-refractivity contribution < 1.29 is 13.3 Å². The maximum atomic E-state index is 6.13. The number of rotatable bonds is 7. The first-order valence-electron chi connectivity index (χ1n) is 6.32. The van der Waals surface area contributed by atoms with E-state index >= 15 is 0 Å². The SMILES string of the molecule is CO[Si](C)(CCCO[Si](C)(C)C(C)(C)C)OC. The molecule has 104 valence electrons. The van der Waals surface area contributed by atoms with Crippen molar-refractivity contribution in [3.63, 3.8) is 0 Å². The van der Waals surface area contributed by atoms with Crippen LogP contribution in [0.5, 0.6) is 0 Å². The average molecular weight is 279 g/mol. The minimum absolute atomic E-state index is 0.288. The molecule has 0 radical (unpaired) electrons. The Morgan fingerprint density at radius 2 is 1.41 bits per heavy atom. The molecule has 17 heavy (non-hydrogen) atoms. The predicted molar refractivity (Wildman–Crippen MR) is 78.2 cm³/mol.